The highest BCUT2D eigenvalue weighted by molar-refractivity contribution is 7.21. The molecule has 1 fully saturated rings. The van der Waals surface area contributed by atoms with Gasteiger partial charge in [-0.15, -0.1) is 10.9 Å². The summed E-state index contributed by atoms with van der Waals surface area (Å²) in [7, 11) is 0. The van der Waals surface area contributed by atoms with E-state index in [1.165, 1.54) is 0 Å². The summed E-state index contributed by atoms with van der Waals surface area (Å²) in [5, 5.41) is 0. The molecule has 8 heteroatoms. The van der Waals surface area contributed by atoms with Crippen molar-refractivity contribution >= 4 is 34.2 Å². The first-order valence-electron chi connectivity index (χ1n) is 9.70. The van der Waals surface area contributed by atoms with Gasteiger partial charge in [-0.25, -0.2) is 22.0 Å². The van der Waals surface area contributed by atoms with Gasteiger partial charge >= 0.3 is 0 Å². The molecule has 1 heterocycles. The lowest BCUT2D eigenvalue weighted by Gasteiger charge is -2.50. The van der Waals surface area contributed by atoms with Crippen LogP contribution < -0.4 is 15.8 Å². The van der Waals surface area contributed by atoms with E-state index in [2.05, 4.69) is 27.7 Å². The van der Waals surface area contributed by atoms with E-state index in [0.29, 0.717) is 5.46 Å². The number of rotatable bonds is 3. The molecule has 0 spiro atoms. The third-order valence-electron chi connectivity index (χ3n) is 6.19. The standard InChI is InChI=1S/C21H23BClF5N/c1-20(2)10-7-11-21(3,4)29(20)13-9-6-5-8-12(13)22(23)14-15(24)17(26)19(28)18(27)16(14)25/h5-6,8-9,22H,7,10-11H2,1-4H3/q-1/p+1/t22-/m1/s1. The Morgan fingerprint density at radius 1 is 0.793 bits per heavy atom. The van der Waals surface area contributed by atoms with Gasteiger partial charge < -0.3 is 11.5 Å². The van der Waals surface area contributed by atoms with Crippen molar-refractivity contribution in [1.29, 1.82) is 0 Å². The lowest BCUT2D eigenvalue weighted by Crippen LogP contribution is -3.23. The van der Waals surface area contributed by atoms with E-state index in [1.54, 1.807) is 18.2 Å². The molecule has 1 N–H and O–H groups in total. The second-order valence-corrected chi connectivity index (χ2v) is 9.68. The number of hydrogen-bond donors (Lipinski definition) is 1. The smallest absolute Gasteiger partial charge is 0.200 e. The maximum Gasteiger partial charge on any atom is 0.200 e. The zero-order valence-electron chi connectivity index (χ0n) is 16.9. The molecule has 0 aliphatic carbocycles. The average Bonchev–Trinajstić information content (AvgIpc) is 2.64. The van der Waals surface area contributed by atoms with Gasteiger partial charge in [0.05, 0.1) is 16.8 Å². The molecule has 2 aromatic carbocycles. The SMILES string of the molecule is CC1(C)CCCC(C)(C)[NH+]1c1ccccc1[B@@H-](Cl)c1c(F)c(F)c(F)c(F)c1F. The van der Waals surface area contributed by atoms with Crippen LogP contribution in [-0.2, 0) is 0 Å². The highest BCUT2D eigenvalue weighted by Crippen LogP contribution is 2.26. The zero-order valence-corrected chi connectivity index (χ0v) is 17.7. The molecule has 0 bridgehead atoms. The Bertz CT molecular complexity index is 902. The minimum Gasteiger partial charge on any atom is -0.382 e. The summed E-state index contributed by atoms with van der Waals surface area (Å²) in [5.41, 5.74) is -0.173. The Morgan fingerprint density at radius 3 is 1.76 bits per heavy atom. The number of benzene rings is 2. The first kappa shape index (κ1) is 22.1. The van der Waals surface area contributed by atoms with Crippen molar-refractivity contribution < 1.29 is 26.9 Å². The molecule has 1 atom stereocenters. The Balaban J connectivity index is 2.21. The van der Waals surface area contributed by atoms with Crippen molar-refractivity contribution in [2.45, 2.75) is 58.0 Å². The van der Waals surface area contributed by atoms with Crippen molar-refractivity contribution in [2.75, 3.05) is 0 Å². The van der Waals surface area contributed by atoms with E-state index in [4.69, 9.17) is 11.5 Å². The molecular formula is C21H24BClF5N. The molecule has 158 valence electrons. The summed E-state index contributed by atoms with van der Waals surface area (Å²) in [5.74, 6) is -9.85. The molecule has 3 rings (SSSR count). The highest BCUT2D eigenvalue weighted by Gasteiger charge is 2.47. The van der Waals surface area contributed by atoms with Gasteiger partial charge in [0.15, 0.2) is 17.5 Å². The number of halogens is 6. The minimum atomic E-state index is -2.56. The fraction of sp³-hybridized carbons (Fsp3) is 0.429. The number of hydrogen-bond acceptors (Lipinski definition) is 0. The Hall–Kier alpha value is -1.60. The molecule has 2 aromatic rings. The molecule has 0 aromatic heterocycles. The number of piperidine rings is 1. The quantitative estimate of drug-likeness (QED) is 0.327. The molecule has 1 aliphatic rings. The van der Waals surface area contributed by atoms with Crippen LogP contribution in [0.15, 0.2) is 24.3 Å². The molecule has 0 radical (unpaired) electrons. The van der Waals surface area contributed by atoms with E-state index in [9.17, 15) is 22.0 Å². The second kappa shape index (κ2) is 7.58. The fourth-order valence-corrected chi connectivity index (χ4v) is 5.48. The molecule has 0 amide bonds. The molecular weight excluding hydrogens is 407 g/mol. The van der Waals surface area contributed by atoms with Crippen molar-refractivity contribution in [1.82, 2.24) is 0 Å². The minimum absolute atomic E-state index is 0.190. The van der Waals surface area contributed by atoms with Crippen LogP contribution in [0.1, 0.15) is 47.0 Å². The topological polar surface area (TPSA) is 4.44 Å². The summed E-state index contributed by atoms with van der Waals surface area (Å²) in [6.07, 6.45) is 0.353. The molecule has 29 heavy (non-hydrogen) atoms. The van der Waals surface area contributed by atoms with Crippen molar-refractivity contribution in [3.63, 3.8) is 0 Å². The predicted octanol–water partition coefficient (Wildman–Crippen LogP) is 3.72. The monoisotopic (exact) mass is 431 g/mol. The summed E-state index contributed by atoms with van der Waals surface area (Å²) in [6.45, 7) is 8.43. The number of nitrogens with one attached hydrogen (secondary N) is 1. The molecule has 1 aliphatic heterocycles. The first-order valence-corrected chi connectivity index (χ1v) is 10.2. The van der Waals surface area contributed by atoms with Gasteiger partial charge in [0.2, 0.25) is 0 Å². The van der Waals surface area contributed by atoms with Gasteiger partial charge in [0.25, 0.3) is 0 Å². The second-order valence-electron chi connectivity index (χ2n) is 9.15. The highest BCUT2D eigenvalue weighted by atomic mass is 35.5. The predicted molar refractivity (Wildman–Crippen MR) is 108 cm³/mol. The van der Waals surface area contributed by atoms with Crippen molar-refractivity contribution in [3.05, 3.63) is 53.4 Å². The zero-order chi connectivity index (χ0) is 21.7. The Morgan fingerprint density at radius 2 is 1.24 bits per heavy atom. The third-order valence-corrected chi connectivity index (χ3v) is 6.74. The molecule has 1 saturated heterocycles. The van der Waals surface area contributed by atoms with Gasteiger partial charge in [-0.2, -0.15) is 0 Å². The van der Waals surface area contributed by atoms with Crippen LogP contribution in [0.3, 0.4) is 0 Å². The average molecular weight is 432 g/mol. The van der Waals surface area contributed by atoms with Gasteiger partial charge in [-0.1, -0.05) is 18.2 Å². The van der Waals surface area contributed by atoms with Crippen LogP contribution >= 0.6 is 11.5 Å². The summed E-state index contributed by atoms with van der Waals surface area (Å²) in [4.78, 5) is 1.09. The van der Waals surface area contributed by atoms with Gasteiger partial charge in [0, 0.05) is 12.8 Å². The van der Waals surface area contributed by atoms with Gasteiger partial charge in [-0.3, -0.25) is 4.90 Å². The van der Waals surface area contributed by atoms with E-state index in [-0.39, 0.29) is 11.1 Å². The third kappa shape index (κ3) is 3.68. The maximum absolute atomic E-state index is 14.4. The van der Waals surface area contributed by atoms with Crippen molar-refractivity contribution in [3.8, 4) is 0 Å². The van der Waals surface area contributed by atoms with Crippen LogP contribution in [0, 0.1) is 29.1 Å². The molecule has 0 saturated carbocycles. The first-order chi connectivity index (χ1) is 13.4. The van der Waals surface area contributed by atoms with Crippen LogP contribution in [0.25, 0.3) is 0 Å². The lowest BCUT2D eigenvalue weighted by atomic mass is 9.60. The normalized spacial score (nSPS) is 19.9. The lowest BCUT2D eigenvalue weighted by molar-refractivity contribution is -0.941. The largest absolute Gasteiger partial charge is 0.382 e. The summed E-state index contributed by atoms with van der Waals surface area (Å²) < 4.78 is 69.9. The number of para-hydroxylation sites is 1. The fourth-order valence-electron chi connectivity index (χ4n) is 5.02. The maximum atomic E-state index is 14.4. The molecule has 1 nitrogen and oxygen atoms in total. The van der Waals surface area contributed by atoms with Gasteiger partial charge in [-0.05, 0) is 40.2 Å². The summed E-state index contributed by atoms with van der Waals surface area (Å²) in [6, 6.07) is 6.91. The summed E-state index contributed by atoms with van der Waals surface area (Å²) >= 11 is 6.48. The van der Waals surface area contributed by atoms with E-state index in [0.717, 1.165) is 29.8 Å². The van der Waals surface area contributed by atoms with Crippen LogP contribution in [0.5, 0.6) is 0 Å². The Kier molecular flexibility index (Phi) is 5.78. The van der Waals surface area contributed by atoms with E-state index in [1.807, 2.05) is 6.07 Å². The molecule has 0 unspecified atom stereocenters. The van der Waals surface area contributed by atoms with Gasteiger partial charge in [0.1, 0.15) is 17.8 Å². The Labute approximate surface area is 172 Å². The van der Waals surface area contributed by atoms with Crippen LogP contribution in [0.2, 0.25) is 0 Å². The van der Waals surface area contributed by atoms with Crippen LogP contribution in [-0.4, -0.2) is 17.2 Å². The van der Waals surface area contributed by atoms with Crippen molar-refractivity contribution in [2.24, 2.45) is 0 Å². The number of quaternary nitrogens is 1. The van der Waals surface area contributed by atoms with Crippen LogP contribution in [0.4, 0.5) is 27.6 Å². The van der Waals surface area contributed by atoms with E-state index < -0.39 is 40.7 Å². The van der Waals surface area contributed by atoms with E-state index >= 15 is 0 Å².